The van der Waals surface area contributed by atoms with Crippen molar-refractivity contribution in [2.24, 2.45) is 0 Å². The van der Waals surface area contributed by atoms with E-state index in [0.717, 1.165) is 6.54 Å². The third-order valence-corrected chi connectivity index (χ3v) is 3.94. The van der Waals surface area contributed by atoms with Crippen LogP contribution in [0.5, 0.6) is 0 Å². The molecule has 0 bridgehead atoms. The van der Waals surface area contributed by atoms with Gasteiger partial charge in [-0.3, -0.25) is 0 Å². The van der Waals surface area contributed by atoms with E-state index < -0.39 is 6.10 Å². The smallest absolute Gasteiger partial charge is 0.0894 e. The highest BCUT2D eigenvalue weighted by Crippen LogP contribution is 2.28. The largest absolute Gasteiger partial charge is 0.394 e. The van der Waals surface area contributed by atoms with E-state index in [1.165, 1.54) is 22.3 Å². The molecule has 1 unspecified atom stereocenters. The zero-order valence-electron chi connectivity index (χ0n) is 12.7. The summed E-state index contributed by atoms with van der Waals surface area (Å²) in [5.41, 5.74) is 5.34. The van der Waals surface area contributed by atoms with Gasteiger partial charge in [0.05, 0.1) is 12.7 Å². The lowest BCUT2D eigenvalue weighted by molar-refractivity contribution is 0.0934. The lowest BCUT2D eigenvalue weighted by atomic mass is 9.80. The van der Waals surface area contributed by atoms with Crippen LogP contribution in [0.4, 0.5) is 0 Å². The average Bonchev–Trinajstić information content (AvgIpc) is 2.35. The van der Waals surface area contributed by atoms with Gasteiger partial charge in [-0.15, -0.1) is 0 Å². The lowest BCUT2D eigenvalue weighted by Gasteiger charge is -2.29. The topological polar surface area (TPSA) is 52.5 Å². The average molecular weight is 265 g/mol. The van der Waals surface area contributed by atoms with Gasteiger partial charge < -0.3 is 15.5 Å². The lowest BCUT2D eigenvalue weighted by Crippen LogP contribution is -2.38. The van der Waals surface area contributed by atoms with Crippen molar-refractivity contribution in [3.63, 3.8) is 0 Å². The molecule has 1 atom stereocenters. The van der Waals surface area contributed by atoms with Crippen LogP contribution in [0.2, 0.25) is 0 Å². The van der Waals surface area contributed by atoms with E-state index in [2.05, 4.69) is 52.1 Å². The quantitative estimate of drug-likeness (QED) is 0.735. The first-order chi connectivity index (χ1) is 8.79. The molecule has 3 nitrogen and oxygen atoms in total. The van der Waals surface area contributed by atoms with Crippen molar-refractivity contribution < 1.29 is 10.2 Å². The summed E-state index contributed by atoms with van der Waals surface area (Å²) in [4.78, 5) is 0. The first kappa shape index (κ1) is 16.2. The summed E-state index contributed by atoms with van der Waals surface area (Å²) in [7, 11) is 0. The molecule has 0 saturated heterocycles. The molecular weight excluding hydrogens is 238 g/mol. The van der Waals surface area contributed by atoms with E-state index in [4.69, 9.17) is 5.11 Å². The fourth-order valence-corrected chi connectivity index (χ4v) is 2.40. The van der Waals surface area contributed by atoms with Crippen LogP contribution in [0.15, 0.2) is 12.1 Å². The standard InChI is InChI=1S/C16H27NO2/c1-11-6-7-15(13(3)12(11)2)16(4,5)10-17-8-14(19)9-18/h6-7,14,17-19H,8-10H2,1-5H3. The van der Waals surface area contributed by atoms with Crippen molar-refractivity contribution in [3.05, 3.63) is 34.4 Å². The molecule has 0 aliphatic rings. The van der Waals surface area contributed by atoms with Crippen LogP contribution in [0.25, 0.3) is 0 Å². The van der Waals surface area contributed by atoms with Crippen LogP contribution in [0, 0.1) is 20.8 Å². The SMILES string of the molecule is Cc1ccc(C(C)(C)CNCC(O)CO)c(C)c1C. The Morgan fingerprint density at radius 3 is 2.37 bits per heavy atom. The van der Waals surface area contributed by atoms with E-state index in [-0.39, 0.29) is 12.0 Å². The first-order valence-electron chi connectivity index (χ1n) is 6.86. The molecule has 0 heterocycles. The van der Waals surface area contributed by atoms with E-state index >= 15 is 0 Å². The Bertz CT molecular complexity index is 427. The molecule has 0 spiro atoms. The highest BCUT2D eigenvalue weighted by molar-refractivity contribution is 5.42. The zero-order chi connectivity index (χ0) is 14.6. The Labute approximate surface area is 116 Å². The summed E-state index contributed by atoms with van der Waals surface area (Å²) in [6, 6.07) is 4.36. The molecule has 1 aromatic carbocycles. The van der Waals surface area contributed by atoms with E-state index in [1.54, 1.807) is 0 Å². The van der Waals surface area contributed by atoms with Gasteiger partial charge in [-0.25, -0.2) is 0 Å². The zero-order valence-corrected chi connectivity index (χ0v) is 12.7. The van der Waals surface area contributed by atoms with Gasteiger partial charge in [0.1, 0.15) is 0 Å². The van der Waals surface area contributed by atoms with Crippen LogP contribution in [0.3, 0.4) is 0 Å². The second-order valence-corrected chi connectivity index (χ2v) is 6.03. The highest BCUT2D eigenvalue weighted by atomic mass is 16.3. The van der Waals surface area contributed by atoms with Gasteiger partial charge in [0.2, 0.25) is 0 Å². The predicted octanol–water partition coefficient (Wildman–Crippen LogP) is 1.83. The highest BCUT2D eigenvalue weighted by Gasteiger charge is 2.23. The van der Waals surface area contributed by atoms with Crippen molar-refractivity contribution in [1.29, 1.82) is 0 Å². The van der Waals surface area contributed by atoms with Crippen LogP contribution < -0.4 is 5.32 Å². The minimum absolute atomic E-state index is 0.00226. The number of benzene rings is 1. The maximum absolute atomic E-state index is 9.35. The van der Waals surface area contributed by atoms with Gasteiger partial charge in [-0.05, 0) is 43.0 Å². The molecule has 19 heavy (non-hydrogen) atoms. The fourth-order valence-electron chi connectivity index (χ4n) is 2.40. The number of aliphatic hydroxyl groups is 2. The van der Waals surface area contributed by atoms with Gasteiger partial charge in [0.25, 0.3) is 0 Å². The van der Waals surface area contributed by atoms with Crippen molar-refractivity contribution in [2.45, 2.75) is 46.1 Å². The predicted molar refractivity (Wildman–Crippen MR) is 79.6 cm³/mol. The molecule has 108 valence electrons. The molecular formula is C16H27NO2. The van der Waals surface area contributed by atoms with Gasteiger partial charge in [0.15, 0.2) is 0 Å². The summed E-state index contributed by atoms with van der Waals surface area (Å²) in [5, 5.41) is 21.4. The van der Waals surface area contributed by atoms with Crippen molar-refractivity contribution in [2.75, 3.05) is 19.7 Å². The fraction of sp³-hybridized carbons (Fsp3) is 0.625. The van der Waals surface area contributed by atoms with E-state index in [1.807, 2.05) is 0 Å². The Morgan fingerprint density at radius 2 is 1.79 bits per heavy atom. The van der Waals surface area contributed by atoms with Gasteiger partial charge in [-0.1, -0.05) is 26.0 Å². The molecule has 0 fully saturated rings. The number of aryl methyl sites for hydroxylation is 1. The second kappa shape index (κ2) is 6.51. The van der Waals surface area contributed by atoms with Crippen LogP contribution >= 0.6 is 0 Å². The van der Waals surface area contributed by atoms with Crippen molar-refractivity contribution in [1.82, 2.24) is 5.32 Å². The summed E-state index contributed by atoms with van der Waals surface area (Å²) in [5.74, 6) is 0. The van der Waals surface area contributed by atoms with Crippen LogP contribution in [0.1, 0.15) is 36.1 Å². The summed E-state index contributed by atoms with van der Waals surface area (Å²) < 4.78 is 0. The number of nitrogens with one attached hydrogen (secondary N) is 1. The molecule has 0 amide bonds. The molecule has 1 aromatic rings. The van der Waals surface area contributed by atoms with Gasteiger partial charge >= 0.3 is 0 Å². The van der Waals surface area contributed by atoms with Crippen molar-refractivity contribution in [3.8, 4) is 0 Å². The molecule has 0 aliphatic heterocycles. The number of rotatable bonds is 6. The number of hydrogen-bond donors (Lipinski definition) is 3. The Hall–Kier alpha value is -0.900. The summed E-state index contributed by atoms with van der Waals surface area (Å²) in [6.45, 7) is 11.8. The Kier molecular flexibility index (Phi) is 5.53. The number of aliphatic hydroxyl groups excluding tert-OH is 2. The molecule has 0 aromatic heterocycles. The van der Waals surface area contributed by atoms with Crippen LogP contribution in [-0.4, -0.2) is 36.0 Å². The Morgan fingerprint density at radius 1 is 1.16 bits per heavy atom. The number of hydrogen-bond acceptors (Lipinski definition) is 3. The second-order valence-electron chi connectivity index (χ2n) is 6.03. The Balaban J connectivity index is 2.80. The monoisotopic (exact) mass is 265 g/mol. The third kappa shape index (κ3) is 4.03. The van der Waals surface area contributed by atoms with Gasteiger partial charge in [0, 0.05) is 18.5 Å². The van der Waals surface area contributed by atoms with Crippen molar-refractivity contribution >= 4 is 0 Å². The first-order valence-corrected chi connectivity index (χ1v) is 6.86. The molecule has 0 saturated carbocycles. The molecule has 3 heteroatoms. The van der Waals surface area contributed by atoms with Gasteiger partial charge in [-0.2, -0.15) is 0 Å². The maximum atomic E-state index is 9.35. The normalized spacial score (nSPS) is 13.6. The summed E-state index contributed by atoms with van der Waals surface area (Å²) in [6.07, 6.45) is -0.684. The third-order valence-electron chi connectivity index (χ3n) is 3.94. The molecule has 0 radical (unpaired) electrons. The minimum atomic E-state index is -0.684. The van der Waals surface area contributed by atoms with Crippen LogP contribution in [-0.2, 0) is 5.41 Å². The molecule has 3 N–H and O–H groups in total. The molecule has 0 aliphatic carbocycles. The van der Waals surface area contributed by atoms with E-state index in [9.17, 15) is 5.11 Å². The minimum Gasteiger partial charge on any atom is -0.394 e. The maximum Gasteiger partial charge on any atom is 0.0894 e. The molecule has 1 rings (SSSR count). The van der Waals surface area contributed by atoms with E-state index in [0.29, 0.717) is 6.54 Å². The summed E-state index contributed by atoms with van der Waals surface area (Å²) >= 11 is 0.